The van der Waals surface area contributed by atoms with Gasteiger partial charge in [-0.1, -0.05) is 87.7 Å². The zero-order valence-corrected chi connectivity index (χ0v) is 13.0. The summed E-state index contributed by atoms with van der Waals surface area (Å²) in [4.78, 5) is 4.38. The van der Waals surface area contributed by atoms with Gasteiger partial charge in [-0.05, 0) is 5.56 Å². The van der Waals surface area contributed by atoms with Crippen LogP contribution in [-0.4, -0.2) is 20.2 Å². The van der Waals surface area contributed by atoms with Gasteiger partial charge in [-0.15, -0.1) is 0 Å². The molecule has 2 rings (SSSR count). The molecule has 1 aromatic carbocycles. The van der Waals surface area contributed by atoms with E-state index in [4.69, 9.17) is 39.5 Å². The average molecular weight is 404 g/mol. The van der Waals surface area contributed by atoms with Crippen LogP contribution in [0.2, 0.25) is 0 Å². The molecule has 0 unspecified atom stereocenters. The second kappa shape index (κ2) is 5.51. The molecule has 1 aromatic rings. The molecule has 0 spiro atoms. The van der Waals surface area contributed by atoms with Crippen molar-refractivity contribution >= 4 is 63.3 Å². The van der Waals surface area contributed by atoms with Gasteiger partial charge in [-0.25, -0.2) is 4.99 Å². The van der Waals surface area contributed by atoms with E-state index in [1.165, 1.54) is 0 Å². The quantitative estimate of drug-likeness (QED) is 0.531. The summed E-state index contributed by atoms with van der Waals surface area (Å²) in [6.07, 6.45) is -0.0800. The van der Waals surface area contributed by atoms with Crippen molar-refractivity contribution in [2.24, 2.45) is 4.99 Å². The lowest BCUT2D eigenvalue weighted by Crippen LogP contribution is -2.24. The molecule has 0 saturated carbocycles. The fourth-order valence-corrected chi connectivity index (χ4v) is 2.58. The number of hydrogen-bond acceptors (Lipinski definition) is 2. The van der Waals surface area contributed by atoms with E-state index >= 15 is 0 Å². The first kappa shape index (κ1) is 13.7. The predicted octanol–water partition coefficient (Wildman–Crippen LogP) is 4.33. The second-order valence-electron chi connectivity index (χ2n) is 3.60. The minimum atomic E-state index is -1.59. The fraction of sp³-hybridized carbons (Fsp3) is 0.364. The summed E-state index contributed by atoms with van der Waals surface area (Å²) in [7, 11) is 0. The molecule has 0 N–H and O–H groups in total. The largest absolute Gasteiger partial charge is 0.471 e. The monoisotopic (exact) mass is 403 g/mol. The molecule has 1 aliphatic rings. The van der Waals surface area contributed by atoms with Crippen LogP contribution in [0.25, 0.3) is 0 Å². The van der Waals surface area contributed by atoms with Crippen LogP contribution in [0.4, 0.5) is 0 Å². The molecule has 1 heterocycles. The lowest BCUT2D eigenvalue weighted by atomic mass is 10.0. The lowest BCUT2D eigenvalue weighted by Gasteiger charge is -2.16. The topological polar surface area (TPSA) is 21.6 Å². The van der Waals surface area contributed by atoms with E-state index in [1.54, 1.807) is 0 Å². The maximum absolute atomic E-state index is 5.79. The molecule has 0 saturated heterocycles. The summed E-state index contributed by atoms with van der Waals surface area (Å²) in [5, 5.41) is 0. The minimum absolute atomic E-state index is 0.0800. The zero-order valence-electron chi connectivity index (χ0n) is 8.62. The number of aliphatic imine (C=N–C) groups is 1. The second-order valence-corrected chi connectivity index (χ2v) is 6.76. The van der Waals surface area contributed by atoms with Gasteiger partial charge in [0.1, 0.15) is 12.1 Å². The van der Waals surface area contributed by atoms with Crippen LogP contribution in [0.3, 0.4) is 0 Å². The Balaban J connectivity index is 2.29. The molecular formula is C11H9Cl3INO. The Hall–Kier alpha value is 0.290. The van der Waals surface area contributed by atoms with Crippen molar-refractivity contribution in [3.63, 3.8) is 0 Å². The van der Waals surface area contributed by atoms with Gasteiger partial charge in [0, 0.05) is 4.43 Å². The van der Waals surface area contributed by atoms with Crippen LogP contribution in [0.5, 0.6) is 0 Å². The Bertz CT molecular complexity index is 418. The number of nitrogens with zero attached hydrogens (tertiary/aromatic N) is 1. The van der Waals surface area contributed by atoms with Gasteiger partial charge < -0.3 is 4.74 Å². The Labute approximate surface area is 128 Å². The molecule has 17 heavy (non-hydrogen) atoms. The number of hydrogen-bond donors (Lipinski definition) is 0. The Morgan fingerprint density at radius 1 is 1.24 bits per heavy atom. The highest BCUT2D eigenvalue weighted by Gasteiger charge is 2.40. The predicted molar refractivity (Wildman–Crippen MR) is 80.7 cm³/mol. The first-order valence-electron chi connectivity index (χ1n) is 4.95. The third-order valence-corrected chi connectivity index (χ3v) is 3.76. The summed E-state index contributed by atoms with van der Waals surface area (Å²) in [5.41, 5.74) is 1.07. The maximum Gasteiger partial charge on any atom is 0.266 e. The smallest absolute Gasteiger partial charge is 0.266 e. The summed E-state index contributed by atoms with van der Waals surface area (Å²) in [5.74, 6) is 0.179. The minimum Gasteiger partial charge on any atom is -0.471 e. The van der Waals surface area contributed by atoms with Crippen molar-refractivity contribution < 1.29 is 4.74 Å². The third-order valence-electron chi connectivity index (χ3n) is 2.41. The van der Waals surface area contributed by atoms with Crippen LogP contribution in [0.15, 0.2) is 35.3 Å². The molecule has 2 atom stereocenters. The molecule has 2 nitrogen and oxygen atoms in total. The molecular weight excluding hydrogens is 395 g/mol. The van der Waals surface area contributed by atoms with Gasteiger partial charge in [0.2, 0.25) is 5.90 Å². The van der Waals surface area contributed by atoms with E-state index in [0.29, 0.717) is 0 Å². The molecule has 1 aliphatic heterocycles. The summed E-state index contributed by atoms with van der Waals surface area (Å²) in [6.45, 7) is 0. The number of rotatable bonds is 2. The summed E-state index contributed by atoms with van der Waals surface area (Å²) < 4.78 is 4.78. The standard InChI is InChI=1S/C11H9Cl3INO/c12-11(13,14)10-16-9(8(6-15)17-10)7-4-2-1-3-5-7/h1-5,8-9H,6H2/t8-,9-/m0/s1. The van der Waals surface area contributed by atoms with Gasteiger partial charge in [0.15, 0.2) is 0 Å². The Kier molecular flexibility index (Phi) is 4.45. The molecule has 0 amide bonds. The van der Waals surface area contributed by atoms with E-state index in [0.717, 1.165) is 9.99 Å². The normalized spacial score (nSPS) is 24.4. The van der Waals surface area contributed by atoms with Crippen molar-refractivity contribution in [1.82, 2.24) is 0 Å². The average Bonchev–Trinajstić information content (AvgIpc) is 2.73. The van der Waals surface area contributed by atoms with E-state index in [2.05, 4.69) is 27.6 Å². The number of benzene rings is 1. The van der Waals surface area contributed by atoms with Crippen molar-refractivity contribution in [2.75, 3.05) is 4.43 Å². The van der Waals surface area contributed by atoms with E-state index in [9.17, 15) is 0 Å². The van der Waals surface area contributed by atoms with Crippen LogP contribution in [0, 0.1) is 0 Å². The first-order valence-corrected chi connectivity index (χ1v) is 7.61. The Morgan fingerprint density at radius 3 is 2.41 bits per heavy atom. The van der Waals surface area contributed by atoms with Gasteiger partial charge in [0.25, 0.3) is 3.79 Å². The first-order chi connectivity index (χ1) is 8.02. The lowest BCUT2D eigenvalue weighted by molar-refractivity contribution is 0.218. The molecule has 0 bridgehead atoms. The van der Waals surface area contributed by atoms with Crippen molar-refractivity contribution in [2.45, 2.75) is 15.9 Å². The van der Waals surface area contributed by atoms with Crippen molar-refractivity contribution in [3.05, 3.63) is 35.9 Å². The highest BCUT2D eigenvalue weighted by Crippen LogP contribution is 2.38. The van der Waals surface area contributed by atoms with Crippen LogP contribution >= 0.6 is 57.4 Å². The highest BCUT2D eigenvalue weighted by atomic mass is 127. The SMILES string of the molecule is ClC(Cl)(Cl)C1=N[C@@H](c2ccccc2)[C@H](CI)O1. The van der Waals surface area contributed by atoms with Crippen LogP contribution in [0.1, 0.15) is 11.6 Å². The van der Waals surface area contributed by atoms with E-state index in [-0.39, 0.29) is 18.0 Å². The molecule has 0 aromatic heterocycles. The maximum atomic E-state index is 5.79. The molecule has 6 heteroatoms. The van der Waals surface area contributed by atoms with Crippen molar-refractivity contribution in [3.8, 4) is 0 Å². The van der Waals surface area contributed by atoms with Crippen molar-refractivity contribution in [1.29, 1.82) is 0 Å². The zero-order chi connectivity index (χ0) is 12.5. The van der Waals surface area contributed by atoms with Crippen LogP contribution in [-0.2, 0) is 4.74 Å². The van der Waals surface area contributed by atoms with Gasteiger partial charge in [-0.2, -0.15) is 0 Å². The number of halogens is 4. The molecule has 0 radical (unpaired) electrons. The van der Waals surface area contributed by atoms with E-state index < -0.39 is 3.79 Å². The van der Waals surface area contributed by atoms with Gasteiger partial charge >= 0.3 is 0 Å². The van der Waals surface area contributed by atoms with E-state index in [1.807, 2.05) is 30.3 Å². The molecule has 0 aliphatic carbocycles. The van der Waals surface area contributed by atoms with Gasteiger partial charge in [-0.3, -0.25) is 0 Å². The summed E-state index contributed by atoms with van der Waals surface area (Å²) >= 11 is 19.6. The summed E-state index contributed by atoms with van der Waals surface area (Å²) in [6, 6.07) is 9.78. The third kappa shape index (κ3) is 3.19. The number of alkyl halides is 4. The fourth-order valence-electron chi connectivity index (χ4n) is 1.64. The Morgan fingerprint density at radius 2 is 1.88 bits per heavy atom. The highest BCUT2D eigenvalue weighted by molar-refractivity contribution is 14.1. The molecule has 92 valence electrons. The van der Waals surface area contributed by atoms with Crippen LogP contribution < -0.4 is 0 Å². The van der Waals surface area contributed by atoms with Gasteiger partial charge in [0.05, 0.1) is 0 Å². The number of ether oxygens (including phenoxy) is 1. The molecule has 0 fully saturated rings.